The molecular weight excluding hydrogens is 320 g/mol. The maximum Gasteiger partial charge on any atom is 0.318 e. The van der Waals surface area contributed by atoms with Gasteiger partial charge in [0, 0.05) is 37.9 Å². The van der Waals surface area contributed by atoms with Gasteiger partial charge >= 0.3 is 6.03 Å². The Morgan fingerprint density at radius 1 is 1.04 bits per heavy atom. The molecule has 2 heterocycles. The lowest BCUT2D eigenvalue weighted by atomic mass is 10.2. The monoisotopic (exact) mass is 338 g/mol. The number of urea groups is 1. The van der Waals surface area contributed by atoms with Crippen LogP contribution in [0.5, 0.6) is 0 Å². The summed E-state index contributed by atoms with van der Waals surface area (Å²) in [7, 11) is 3.31. The van der Waals surface area contributed by atoms with Crippen molar-refractivity contribution in [3.05, 3.63) is 60.6 Å². The Kier molecular flexibility index (Phi) is 4.51. The number of rotatable bonds is 4. The molecule has 3 aromatic rings. The number of aryl methyl sites for hydroxylation is 1. The molecule has 8 nitrogen and oxygen atoms in total. The summed E-state index contributed by atoms with van der Waals surface area (Å²) >= 11 is 0. The molecule has 0 saturated heterocycles. The van der Waals surface area contributed by atoms with Gasteiger partial charge in [0.1, 0.15) is 11.4 Å². The molecule has 0 aliphatic rings. The van der Waals surface area contributed by atoms with Crippen molar-refractivity contribution < 1.29 is 9.59 Å². The average molecular weight is 338 g/mol. The zero-order valence-electron chi connectivity index (χ0n) is 13.9. The van der Waals surface area contributed by atoms with Crippen molar-refractivity contribution in [2.75, 3.05) is 17.7 Å². The third kappa shape index (κ3) is 3.52. The van der Waals surface area contributed by atoms with Crippen LogP contribution in [-0.2, 0) is 7.05 Å². The summed E-state index contributed by atoms with van der Waals surface area (Å²) in [6.45, 7) is 0. The zero-order valence-corrected chi connectivity index (χ0v) is 13.9. The first kappa shape index (κ1) is 16.3. The second-order valence-corrected chi connectivity index (χ2v) is 5.33. The van der Waals surface area contributed by atoms with Gasteiger partial charge in [-0.1, -0.05) is 6.07 Å². The van der Waals surface area contributed by atoms with Gasteiger partial charge in [0.2, 0.25) is 0 Å². The van der Waals surface area contributed by atoms with E-state index in [0.717, 1.165) is 0 Å². The highest BCUT2D eigenvalue weighted by atomic mass is 16.2. The van der Waals surface area contributed by atoms with Crippen LogP contribution in [0.25, 0.3) is 5.82 Å². The van der Waals surface area contributed by atoms with Gasteiger partial charge in [0.15, 0.2) is 0 Å². The maximum absolute atomic E-state index is 12.7. The van der Waals surface area contributed by atoms with Crippen LogP contribution < -0.4 is 16.0 Å². The molecule has 0 aliphatic heterocycles. The summed E-state index contributed by atoms with van der Waals surface area (Å²) in [5, 5.41) is 12.1. The normalized spacial score (nSPS) is 10.3. The number of amides is 3. The molecule has 1 aromatic carbocycles. The average Bonchev–Trinajstić information content (AvgIpc) is 3.24. The quantitative estimate of drug-likeness (QED) is 0.681. The Hall–Kier alpha value is -3.55. The molecule has 0 fully saturated rings. The van der Waals surface area contributed by atoms with Gasteiger partial charge in [-0.15, -0.1) is 0 Å². The number of hydrogen-bond donors (Lipinski definition) is 3. The van der Waals surface area contributed by atoms with E-state index in [1.165, 1.54) is 13.2 Å². The predicted molar refractivity (Wildman–Crippen MR) is 95.0 cm³/mol. The first-order chi connectivity index (χ1) is 12.1. The standard InChI is InChI=1S/C17H18N6O2/c1-18-17(25)21-13-7-5-6-12(10-13)20-15(24)14-11-19-22(2)16(14)23-8-3-4-9-23/h3-11H,1-2H3,(H,20,24)(H2,18,21,25). The third-order valence-corrected chi connectivity index (χ3v) is 3.61. The Balaban J connectivity index is 1.82. The fourth-order valence-electron chi connectivity index (χ4n) is 2.44. The molecule has 3 amide bonds. The van der Waals surface area contributed by atoms with Crippen molar-refractivity contribution in [1.82, 2.24) is 19.7 Å². The van der Waals surface area contributed by atoms with E-state index in [1.54, 1.807) is 36.0 Å². The second-order valence-electron chi connectivity index (χ2n) is 5.33. The third-order valence-electron chi connectivity index (χ3n) is 3.61. The summed E-state index contributed by atoms with van der Waals surface area (Å²) in [6.07, 6.45) is 5.22. The SMILES string of the molecule is CNC(=O)Nc1cccc(NC(=O)c2cnn(C)c2-n2cccc2)c1. The minimum atomic E-state index is -0.328. The topological polar surface area (TPSA) is 93.0 Å². The molecule has 128 valence electrons. The molecule has 0 aliphatic carbocycles. The number of aromatic nitrogens is 3. The largest absolute Gasteiger partial charge is 0.341 e. The first-order valence-electron chi connectivity index (χ1n) is 7.64. The van der Waals surface area contributed by atoms with Crippen molar-refractivity contribution >= 4 is 23.3 Å². The lowest BCUT2D eigenvalue weighted by Gasteiger charge is -2.10. The minimum absolute atomic E-state index is 0.283. The van der Waals surface area contributed by atoms with Crippen molar-refractivity contribution in [3.8, 4) is 5.82 Å². The smallest absolute Gasteiger partial charge is 0.318 e. The molecule has 0 radical (unpaired) electrons. The van der Waals surface area contributed by atoms with E-state index < -0.39 is 0 Å². The highest BCUT2D eigenvalue weighted by molar-refractivity contribution is 6.06. The summed E-state index contributed by atoms with van der Waals surface area (Å²) in [4.78, 5) is 24.0. The van der Waals surface area contributed by atoms with Crippen molar-refractivity contribution in [2.24, 2.45) is 7.05 Å². The highest BCUT2D eigenvalue weighted by Gasteiger charge is 2.17. The molecule has 0 atom stereocenters. The van der Waals surface area contributed by atoms with E-state index in [4.69, 9.17) is 0 Å². The summed E-state index contributed by atoms with van der Waals surface area (Å²) < 4.78 is 3.46. The van der Waals surface area contributed by atoms with Gasteiger partial charge in [-0.2, -0.15) is 5.10 Å². The Bertz CT molecular complexity index is 898. The minimum Gasteiger partial charge on any atom is -0.341 e. The molecule has 0 unspecified atom stereocenters. The van der Waals surface area contributed by atoms with Crippen LogP contribution in [0.1, 0.15) is 10.4 Å². The van der Waals surface area contributed by atoms with E-state index in [-0.39, 0.29) is 11.9 Å². The van der Waals surface area contributed by atoms with Gasteiger partial charge < -0.3 is 20.5 Å². The van der Waals surface area contributed by atoms with Gasteiger partial charge in [0.05, 0.1) is 6.20 Å². The second kappa shape index (κ2) is 6.91. The maximum atomic E-state index is 12.7. The van der Waals surface area contributed by atoms with Gasteiger partial charge in [0.25, 0.3) is 5.91 Å². The van der Waals surface area contributed by atoms with Crippen molar-refractivity contribution in [1.29, 1.82) is 0 Å². The predicted octanol–water partition coefficient (Wildman–Crippen LogP) is 2.21. The number of carbonyl (C=O) groups is 2. The van der Waals surface area contributed by atoms with Crippen LogP contribution in [0.15, 0.2) is 55.0 Å². The number of hydrogen-bond acceptors (Lipinski definition) is 3. The van der Waals surface area contributed by atoms with Crippen LogP contribution in [0.2, 0.25) is 0 Å². The van der Waals surface area contributed by atoms with Crippen molar-refractivity contribution in [2.45, 2.75) is 0 Å². The number of carbonyl (C=O) groups excluding carboxylic acids is 2. The van der Waals surface area contributed by atoms with Crippen LogP contribution in [0.4, 0.5) is 16.2 Å². The van der Waals surface area contributed by atoms with Crippen LogP contribution in [0.3, 0.4) is 0 Å². The molecule has 3 rings (SSSR count). The fraction of sp³-hybridized carbons (Fsp3) is 0.118. The number of nitrogens with zero attached hydrogens (tertiary/aromatic N) is 3. The highest BCUT2D eigenvalue weighted by Crippen LogP contribution is 2.19. The summed E-state index contributed by atoms with van der Waals surface area (Å²) in [5.41, 5.74) is 1.60. The van der Waals surface area contributed by atoms with Crippen LogP contribution in [-0.4, -0.2) is 33.3 Å². The van der Waals surface area contributed by atoms with E-state index >= 15 is 0 Å². The van der Waals surface area contributed by atoms with Gasteiger partial charge in [-0.25, -0.2) is 4.79 Å². The molecule has 8 heteroatoms. The molecule has 0 spiro atoms. The molecule has 2 aromatic heterocycles. The first-order valence-corrected chi connectivity index (χ1v) is 7.64. The van der Waals surface area contributed by atoms with E-state index in [2.05, 4.69) is 21.0 Å². The Labute approximate surface area is 144 Å². The van der Waals surface area contributed by atoms with E-state index in [9.17, 15) is 9.59 Å². The van der Waals surface area contributed by atoms with E-state index in [0.29, 0.717) is 22.8 Å². The zero-order chi connectivity index (χ0) is 17.8. The lowest BCUT2D eigenvalue weighted by molar-refractivity contribution is 0.102. The van der Waals surface area contributed by atoms with Gasteiger partial charge in [-0.3, -0.25) is 9.48 Å². The molecular formula is C17H18N6O2. The fourth-order valence-corrected chi connectivity index (χ4v) is 2.44. The van der Waals surface area contributed by atoms with Crippen LogP contribution in [0, 0.1) is 0 Å². The number of nitrogens with one attached hydrogen (secondary N) is 3. The molecule has 25 heavy (non-hydrogen) atoms. The molecule has 0 saturated carbocycles. The Morgan fingerprint density at radius 3 is 2.40 bits per heavy atom. The lowest BCUT2D eigenvalue weighted by Crippen LogP contribution is -2.24. The summed E-state index contributed by atoms with van der Waals surface area (Å²) in [6, 6.07) is 10.3. The Morgan fingerprint density at radius 2 is 1.72 bits per heavy atom. The van der Waals surface area contributed by atoms with Crippen molar-refractivity contribution in [3.63, 3.8) is 0 Å². The van der Waals surface area contributed by atoms with Gasteiger partial charge in [-0.05, 0) is 30.3 Å². The van der Waals surface area contributed by atoms with Crippen LogP contribution >= 0.6 is 0 Å². The number of anilines is 2. The summed E-state index contributed by atoms with van der Waals surface area (Å²) in [5.74, 6) is 0.385. The van der Waals surface area contributed by atoms with E-state index in [1.807, 2.05) is 29.1 Å². The number of benzene rings is 1. The molecule has 3 N–H and O–H groups in total. The molecule has 0 bridgehead atoms.